The monoisotopic (exact) mass is 467 g/mol. The third-order valence-corrected chi connectivity index (χ3v) is 5.31. The van der Waals surface area contributed by atoms with E-state index < -0.39 is 10.8 Å². The van der Waals surface area contributed by atoms with Crippen LogP contribution in [-0.4, -0.2) is 41.2 Å². The Labute approximate surface area is 194 Å². The summed E-state index contributed by atoms with van der Waals surface area (Å²) in [5.41, 5.74) is 4.64. The average Bonchev–Trinajstić information content (AvgIpc) is 2.78. The standard InChI is InChI=1S/C22H21N5O5S/c1-13-7-14(2)25-22(24-13)33-20-6-5-17(27(29)30)8-16(20)12-23-26-21(28)15-9-18(31-3)11-19(10-15)32-4/h5-12H,1-4H3,(H,26,28)/b23-12+. The van der Waals surface area contributed by atoms with Gasteiger partial charge in [-0.1, -0.05) is 0 Å². The van der Waals surface area contributed by atoms with Gasteiger partial charge in [0, 0.05) is 45.6 Å². The zero-order valence-corrected chi connectivity index (χ0v) is 19.2. The molecule has 0 aliphatic carbocycles. The van der Waals surface area contributed by atoms with Gasteiger partial charge in [-0.2, -0.15) is 5.10 Å². The number of carbonyl (C=O) groups is 1. The van der Waals surface area contributed by atoms with Gasteiger partial charge in [0.25, 0.3) is 11.6 Å². The zero-order valence-electron chi connectivity index (χ0n) is 18.4. The van der Waals surface area contributed by atoms with Crippen LogP contribution in [0.5, 0.6) is 11.5 Å². The second kappa shape index (κ2) is 10.6. The number of nitro groups is 1. The molecule has 1 heterocycles. The number of aryl methyl sites for hydroxylation is 2. The highest BCUT2D eigenvalue weighted by atomic mass is 32.2. The van der Waals surface area contributed by atoms with Crippen LogP contribution in [0.1, 0.15) is 27.3 Å². The summed E-state index contributed by atoms with van der Waals surface area (Å²) in [6.07, 6.45) is 1.34. The van der Waals surface area contributed by atoms with E-state index in [1.54, 1.807) is 24.3 Å². The molecule has 0 fully saturated rings. The molecule has 1 N–H and O–H groups in total. The van der Waals surface area contributed by atoms with Gasteiger partial charge in [-0.3, -0.25) is 14.9 Å². The van der Waals surface area contributed by atoms with E-state index in [0.29, 0.717) is 27.1 Å². The predicted octanol–water partition coefficient (Wildman–Crippen LogP) is 3.93. The molecule has 0 radical (unpaired) electrons. The number of carbonyl (C=O) groups excluding carboxylic acids is 1. The first-order valence-electron chi connectivity index (χ1n) is 9.64. The van der Waals surface area contributed by atoms with Crippen LogP contribution in [0.25, 0.3) is 0 Å². The van der Waals surface area contributed by atoms with Gasteiger partial charge in [0.1, 0.15) is 11.5 Å². The molecule has 3 aromatic rings. The molecule has 170 valence electrons. The molecule has 0 saturated carbocycles. The molecule has 1 amide bonds. The van der Waals surface area contributed by atoms with Crippen LogP contribution in [0.15, 0.2) is 57.6 Å². The Bertz CT molecular complexity index is 1190. The number of aromatic nitrogens is 2. The van der Waals surface area contributed by atoms with Crippen LogP contribution in [0.3, 0.4) is 0 Å². The van der Waals surface area contributed by atoms with Gasteiger partial charge >= 0.3 is 0 Å². The lowest BCUT2D eigenvalue weighted by Crippen LogP contribution is -2.17. The molecule has 0 saturated heterocycles. The Morgan fingerprint density at radius 3 is 2.27 bits per heavy atom. The average molecular weight is 468 g/mol. The highest BCUT2D eigenvalue weighted by molar-refractivity contribution is 7.99. The summed E-state index contributed by atoms with van der Waals surface area (Å²) < 4.78 is 10.3. The summed E-state index contributed by atoms with van der Waals surface area (Å²) >= 11 is 1.25. The van der Waals surface area contributed by atoms with E-state index >= 15 is 0 Å². The molecule has 0 aliphatic rings. The van der Waals surface area contributed by atoms with Gasteiger partial charge in [0.15, 0.2) is 5.16 Å². The summed E-state index contributed by atoms with van der Waals surface area (Å²) in [6, 6.07) is 10.9. The number of non-ortho nitro benzene ring substituents is 1. The molecular weight excluding hydrogens is 446 g/mol. The van der Waals surface area contributed by atoms with Gasteiger partial charge in [-0.25, -0.2) is 15.4 Å². The van der Waals surface area contributed by atoms with Crippen molar-refractivity contribution < 1.29 is 19.2 Å². The lowest BCUT2D eigenvalue weighted by molar-refractivity contribution is -0.384. The number of methoxy groups -OCH3 is 2. The maximum Gasteiger partial charge on any atom is 0.271 e. The van der Waals surface area contributed by atoms with Crippen molar-refractivity contribution in [2.24, 2.45) is 5.10 Å². The van der Waals surface area contributed by atoms with Crippen molar-refractivity contribution in [2.75, 3.05) is 14.2 Å². The first-order valence-corrected chi connectivity index (χ1v) is 10.5. The molecule has 0 aliphatic heterocycles. The SMILES string of the molecule is COc1cc(OC)cc(C(=O)N/N=C/c2cc([N+](=O)[O-])ccc2Sc2nc(C)cc(C)n2)c1. The fourth-order valence-electron chi connectivity index (χ4n) is 2.84. The minimum absolute atomic E-state index is 0.106. The Hall–Kier alpha value is -3.99. The van der Waals surface area contributed by atoms with E-state index in [4.69, 9.17) is 9.47 Å². The Morgan fingerprint density at radius 2 is 1.70 bits per heavy atom. The second-order valence-electron chi connectivity index (χ2n) is 6.82. The summed E-state index contributed by atoms with van der Waals surface area (Å²) in [5.74, 6) is 0.407. The number of nitrogens with one attached hydrogen (secondary N) is 1. The van der Waals surface area contributed by atoms with Crippen LogP contribution in [0.2, 0.25) is 0 Å². The van der Waals surface area contributed by atoms with Crippen molar-refractivity contribution in [3.05, 3.63) is 75.1 Å². The molecule has 33 heavy (non-hydrogen) atoms. The van der Waals surface area contributed by atoms with E-state index in [1.165, 1.54) is 44.3 Å². The highest BCUT2D eigenvalue weighted by Crippen LogP contribution is 2.30. The van der Waals surface area contributed by atoms with Crippen molar-refractivity contribution >= 4 is 29.6 Å². The lowest BCUT2D eigenvalue weighted by Gasteiger charge is -2.08. The third kappa shape index (κ3) is 6.26. The van der Waals surface area contributed by atoms with Gasteiger partial charge in [-0.05, 0) is 49.9 Å². The maximum atomic E-state index is 12.5. The third-order valence-electron chi connectivity index (χ3n) is 4.35. The van der Waals surface area contributed by atoms with Crippen molar-refractivity contribution in [1.29, 1.82) is 0 Å². The molecule has 10 nitrogen and oxygen atoms in total. The van der Waals surface area contributed by atoms with Crippen LogP contribution >= 0.6 is 11.8 Å². The minimum atomic E-state index is -0.500. The largest absolute Gasteiger partial charge is 0.497 e. The fourth-order valence-corrected chi connectivity index (χ4v) is 3.79. The van der Waals surface area contributed by atoms with E-state index in [0.717, 1.165) is 11.4 Å². The van der Waals surface area contributed by atoms with Gasteiger partial charge in [0.05, 0.1) is 25.4 Å². The predicted molar refractivity (Wildman–Crippen MR) is 123 cm³/mol. The smallest absolute Gasteiger partial charge is 0.271 e. The molecule has 0 bridgehead atoms. The lowest BCUT2D eigenvalue weighted by atomic mass is 10.2. The van der Waals surface area contributed by atoms with Crippen LogP contribution < -0.4 is 14.9 Å². The van der Waals surface area contributed by atoms with E-state index in [2.05, 4.69) is 20.5 Å². The number of hydrogen-bond acceptors (Lipinski definition) is 9. The number of amides is 1. The first kappa shape index (κ1) is 23.7. The van der Waals surface area contributed by atoms with Crippen molar-refractivity contribution in [3.8, 4) is 11.5 Å². The quantitative estimate of drug-likeness (QED) is 0.228. The first-order chi connectivity index (χ1) is 15.8. The molecule has 0 atom stereocenters. The van der Waals surface area contributed by atoms with Crippen LogP contribution in [-0.2, 0) is 0 Å². The molecule has 0 unspecified atom stereocenters. The normalized spacial score (nSPS) is 10.8. The zero-order chi connectivity index (χ0) is 24.0. The molecule has 1 aromatic heterocycles. The maximum absolute atomic E-state index is 12.5. The number of rotatable bonds is 8. The van der Waals surface area contributed by atoms with Crippen molar-refractivity contribution in [2.45, 2.75) is 23.9 Å². The summed E-state index contributed by atoms with van der Waals surface area (Å²) in [6.45, 7) is 3.72. The number of benzene rings is 2. The highest BCUT2D eigenvalue weighted by Gasteiger charge is 2.13. The van der Waals surface area contributed by atoms with E-state index in [1.807, 2.05) is 19.9 Å². The van der Waals surface area contributed by atoms with Crippen LogP contribution in [0.4, 0.5) is 5.69 Å². The second-order valence-corrected chi connectivity index (χ2v) is 7.82. The summed E-state index contributed by atoms with van der Waals surface area (Å²) in [7, 11) is 2.96. The van der Waals surface area contributed by atoms with E-state index in [9.17, 15) is 14.9 Å². The van der Waals surface area contributed by atoms with Crippen molar-refractivity contribution in [3.63, 3.8) is 0 Å². The Morgan fingerprint density at radius 1 is 1.06 bits per heavy atom. The molecular formula is C22H21N5O5S. The molecule has 0 spiro atoms. The number of hydrogen-bond donors (Lipinski definition) is 1. The molecule has 3 rings (SSSR count). The fraction of sp³-hybridized carbons (Fsp3) is 0.182. The Kier molecular flexibility index (Phi) is 7.57. The molecule has 2 aromatic carbocycles. The van der Waals surface area contributed by atoms with Gasteiger partial charge < -0.3 is 9.47 Å². The van der Waals surface area contributed by atoms with Crippen LogP contribution in [0, 0.1) is 24.0 Å². The molecule has 11 heteroatoms. The topological polar surface area (TPSA) is 129 Å². The van der Waals surface area contributed by atoms with Gasteiger partial charge in [0.2, 0.25) is 0 Å². The van der Waals surface area contributed by atoms with Gasteiger partial charge in [-0.15, -0.1) is 0 Å². The van der Waals surface area contributed by atoms with E-state index in [-0.39, 0.29) is 11.3 Å². The minimum Gasteiger partial charge on any atom is -0.497 e. The van der Waals surface area contributed by atoms with Crippen molar-refractivity contribution in [1.82, 2.24) is 15.4 Å². The number of nitro benzene ring substituents is 1. The Balaban J connectivity index is 1.86. The number of nitrogens with zero attached hydrogens (tertiary/aromatic N) is 4. The summed E-state index contributed by atoms with van der Waals surface area (Å²) in [5, 5.41) is 15.7. The number of hydrazone groups is 1. The number of ether oxygens (including phenoxy) is 2. The summed E-state index contributed by atoms with van der Waals surface area (Å²) in [4.78, 5) is 32.7.